The molecule has 2 aromatic rings. The number of nitrogens with one attached hydrogen (secondary N) is 1. The molecule has 0 heterocycles. The van der Waals surface area contributed by atoms with Crippen molar-refractivity contribution in [1.29, 1.82) is 0 Å². The Hall–Kier alpha value is -2.40. The summed E-state index contributed by atoms with van der Waals surface area (Å²) in [5.74, 6) is 0. The zero-order valence-corrected chi connectivity index (χ0v) is 13.0. The average molecular weight is 300 g/mol. The lowest BCUT2D eigenvalue weighted by atomic mass is 9.98. The lowest BCUT2D eigenvalue weighted by molar-refractivity contribution is -0.384. The van der Waals surface area contributed by atoms with E-state index in [2.05, 4.69) is 5.32 Å². The summed E-state index contributed by atoms with van der Waals surface area (Å²) in [6, 6.07) is 10.6. The Balaban J connectivity index is 2.36. The third-order valence-electron chi connectivity index (χ3n) is 3.93. The standard InChI is InChI=1S/C17H20N2O3/c1-11-5-4-6-15(12(11)2)13(3)18-16-9-14(10-20)7-8-17(16)19(21)22/h4-9,13,18,20H,10H2,1-3H3. The smallest absolute Gasteiger partial charge is 0.292 e. The second-order valence-electron chi connectivity index (χ2n) is 5.42. The van der Waals surface area contributed by atoms with Crippen LogP contribution in [0.4, 0.5) is 11.4 Å². The Morgan fingerprint density at radius 3 is 2.64 bits per heavy atom. The van der Waals surface area contributed by atoms with Gasteiger partial charge >= 0.3 is 0 Å². The molecule has 0 bridgehead atoms. The van der Waals surface area contributed by atoms with Crippen LogP contribution in [0.3, 0.4) is 0 Å². The molecule has 2 N–H and O–H groups in total. The summed E-state index contributed by atoms with van der Waals surface area (Å²) >= 11 is 0. The van der Waals surface area contributed by atoms with Crippen molar-refractivity contribution in [3.63, 3.8) is 0 Å². The van der Waals surface area contributed by atoms with Crippen molar-refractivity contribution in [3.8, 4) is 0 Å². The van der Waals surface area contributed by atoms with Gasteiger partial charge in [-0.05, 0) is 55.2 Å². The molecule has 0 saturated carbocycles. The van der Waals surface area contributed by atoms with Crippen LogP contribution in [-0.2, 0) is 6.61 Å². The summed E-state index contributed by atoms with van der Waals surface area (Å²) in [5.41, 5.74) is 4.53. The first-order valence-corrected chi connectivity index (χ1v) is 7.15. The number of aliphatic hydroxyl groups is 1. The number of nitro benzene ring substituents is 1. The number of aliphatic hydroxyl groups excluding tert-OH is 1. The molecular weight excluding hydrogens is 280 g/mol. The van der Waals surface area contributed by atoms with Crippen LogP contribution >= 0.6 is 0 Å². The highest BCUT2D eigenvalue weighted by atomic mass is 16.6. The topological polar surface area (TPSA) is 75.4 Å². The van der Waals surface area contributed by atoms with Crippen molar-refractivity contribution in [2.45, 2.75) is 33.4 Å². The van der Waals surface area contributed by atoms with Crippen molar-refractivity contribution in [1.82, 2.24) is 0 Å². The zero-order valence-electron chi connectivity index (χ0n) is 13.0. The molecule has 0 aliphatic rings. The third kappa shape index (κ3) is 3.26. The highest BCUT2D eigenvalue weighted by molar-refractivity contribution is 5.63. The van der Waals surface area contributed by atoms with Gasteiger partial charge in [-0.25, -0.2) is 0 Å². The molecule has 22 heavy (non-hydrogen) atoms. The molecule has 0 aromatic heterocycles. The van der Waals surface area contributed by atoms with Gasteiger partial charge in [0, 0.05) is 12.1 Å². The molecule has 5 heteroatoms. The van der Waals surface area contributed by atoms with Crippen LogP contribution < -0.4 is 5.32 Å². The Morgan fingerprint density at radius 2 is 2.00 bits per heavy atom. The van der Waals surface area contributed by atoms with Gasteiger partial charge in [-0.15, -0.1) is 0 Å². The molecule has 116 valence electrons. The normalized spacial score (nSPS) is 12.0. The second kappa shape index (κ2) is 6.58. The number of nitro groups is 1. The monoisotopic (exact) mass is 300 g/mol. The number of hydrogen-bond acceptors (Lipinski definition) is 4. The Bertz CT molecular complexity index is 698. The van der Waals surface area contributed by atoms with Gasteiger partial charge < -0.3 is 10.4 Å². The van der Waals surface area contributed by atoms with Gasteiger partial charge in [0.2, 0.25) is 0 Å². The Kier molecular flexibility index (Phi) is 4.78. The summed E-state index contributed by atoms with van der Waals surface area (Å²) in [6.07, 6.45) is 0. The van der Waals surface area contributed by atoms with Crippen LogP contribution in [-0.4, -0.2) is 10.0 Å². The molecule has 0 fully saturated rings. The van der Waals surface area contributed by atoms with Crippen molar-refractivity contribution in [2.24, 2.45) is 0 Å². The van der Waals surface area contributed by atoms with Crippen LogP contribution in [0, 0.1) is 24.0 Å². The van der Waals surface area contributed by atoms with Crippen molar-refractivity contribution in [2.75, 3.05) is 5.32 Å². The number of hydrogen-bond donors (Lipinski definition) is 2. The Morgan fingerprint density at radius 1 is 1.27 bits per heavy atom. The van der Waals surface area contributed by atoms with E-state index in [0.29, 0.717) is 11.3 Å². The highest BCUT2D eigenvalue weighted by Gasteiger charge is 2.17. The first-order valence-electron chi connectivity index (χ1n) is 7.15. The average Bonchev–Trinajstić information content (AvgIpc) is 2.49. The number of nitrogens with zero attached hydrogens (tertiary/aromatic N) is 1. The fraction of sp³-hybridized carbons (Fsp3) is 0.294. The predicted octanol–water partition coefficient (Wildman–Crippen LogP) is 3.88. The van der Waals surface area contributed by atoms with Gasteiger partial charge in [-0.2, -0.15) is 0 Å². The minimum atomic E-state index is -0.417. The van der Waals surface area contributed by atoms with E-state index in [1.807, 2.05) is 39.0 Å². The number of anilines is 1. The Labute approximate surface area is 129 Å². The van der Waals surface area contributed by atoms with Gasteiger partial charge in [-0.3, -0.25) is 10.1 Å². The molecule has 5 nitrogen and oxygen atoms in total. The van der Waals surface area contributed by atoms with E-state index < -0.39 is 4.92 Å². The fourth-order valence-corrected chi connectivity index (χ4v) is 2.51. The molecule has 1 atom stereocenters. The van der Waals surface area contributed by atoms with E-state index in [1.165, 1.54) is 17.2 Å². The van der Waals surface area contributed by atoms with Gasteiger partial charge in [0.1, 0.15) is 5.69 Å². The largest absolute Gasteiger partial charge is 0.392 e. The molecule has 0 aliphatic heterocycles. The molecule has 0 spiro atoms. The quantitative estimate of drug-likeness (QED) is 0.649. The summed E-state index contributed by atoms with van der Waals surface area (Å²) in [6.45, 7) is 5.91. The molecule has 1 unspecified atom stereocenters. The molecule has 2 aromatic carbocycles. The van der Waals surface area contributed by atoms with Crippen molar-refractivity contribution < 1.29 is 10.0 Å². The zero-order chi connectivity index (χ0) is 16.3. The molecule has 0 saturated heterocycles. The van der Waals surface area contributed by atoms with Crippen LogP contribution in [0.5, 0.6) is 0 Å². The minimum absolute atomic E-state index is 0.00866. The maximum absolute atomic E-state index is 11.2. The predicted molar refractivity (Wildman–Crippen MR) is 87.0 cm³/mol. The molecular formula is C17H20N2O3. The van der Waals surface area contributed by atoms with E-state index in [0.717, 1.165) is 5.56 Å². The minimum Gasteiger partial charge on any atom is -0.392 e. The molecule has 0 aliphatic carbocycles. The van der Waals surface area contributed by atoms with Gasteiger partial charge in [0.15, 0.2) is 0 Å². The molecule has 2 rings (SSSR count). The summed E-state index contributed by atoms with van der Waals surface area (Å²) in [5, 5.41) is 23.6. The van der Waals surface area contributed by atoms with Gasteiger partial charge in [0.25, 0.3) is 5.69 Å². The van der Waals surface area contributed by atoms with E-state index in [1.54, 1.807) is 12.1 Å². The fourth-order valence-electron chi connectivity index (χ4n) is 2.51. The lowest BCUT2D eigenvalue weighted by Crippen LogP contribution is -2.10. The van der Waals surface area contributed by atoms with E-state index in [-0.39, 0.29) is 18.3 Å². The SMILES string of the molecule is Cc1cccc(C(C)Nc2cc(CO)ccc2[N+](=O)[O-])c1C. The first-order chi connectivity index (χ1) is 10.4. The number of benzene rings is 2. The van der Waals surface area contributed by atoms with Crippen LogP contribution in [0.15, 0.2) is 36.4 Å². The summed E-state index contributed by atoms with van der Waals surface area (Å²) in [4.78, 5) is 10.7. The lowest BCUT2D eigenvalue weighted by Gasteiger charge is -2.19. The molecule has 0 radical (unpaired) electrons. The van der Waals surface area contributed by atoms with Crippen molar-refractivity contribution >= 4 is 11.4 Å². The molecule has 0 amide bonds. The number of rotatable bonds is 5. The maximum Gasteiger partial charge on any atom is 0.292 e. The van der Waals surface area contributed by atoms with E-state index >= 15 is 0 Å². The van der Waals surface area contributed by atoms with Gasteiger partial charge in [0.05, 0.1) is 11.5 Å². The number of aryl methyl sites for hydroxylation is 1. The maximum atomic E-state index is 11.2. The third-order valence-corrected chi connectivity index (χ3v) is 3.93. The van der Waals surface area contributed by atoms with E-state index in [9.17, 15) is 15.2 Å². The van der Waals surface area contributed by atoms with Crippen LogP contribution in [0.1, 0.15) is 35.2 Å². The van der Waals surface area contributed by atoms with Crippen molar-refractivity contribution in [3.05, 3.63) is 68.8 Å². The van der Waals surface area contributed by atoms with E-state index in [4.69, 9.17) is 0 Å². The van der Waals surface area contributed by atoms with Crippen LogP contribution in [0.25, 0.3) is 0 Å². The van der Waals surface area contributed by atoms with Gasteiger partial charge in [-0.1, -0.05) is 18.2 Å². The summed E-state index contributed by atoms with van der Waals surface area (Å²) < 4.78 is 0. The summed E-state index contributed by atoms with van der Waals surface area (Å²) in [7, 11) is 0. The van der Waals surface area contributed by atoms with Crippen LogP contribution in [0.2, 0.25) is 0 Å². The first kappa shape index (κ1) is 16.0. The second-order valence-corrected chi connectivity index (χ2v) is 5.42. The highest BCUT2D eigenvalue weighted by Crippen LogP contribution is 2.30.